The third-order valence-corrected chi connectivity index (χ3v) is 8.80. The van der Waals surface area contributed by atoms with Gasteiger partial charge in [-0.3, -0.25) is 4.99 Å². The molecule has 0 radical (unpaired) electrons. The predicted octanol–water partition coefficient (Wildman–Crippen LogP) is 7.69. The van der Waals surface area contributed by atoms with E-state index in [2.05, 4.69) is 29.3 Å². The van der Waals surface area contributed by atoms with Gasteiger partial charge in [0.15, 0.2) is 6.29 Å². The summed E-state index contributed by atoms with van der Waals surface area (Å²) in [6, 6.07) is 10.8. The quantitative estimate of drug-likeness (QED) is 0.288. The number of aliphatic hydroxyl groups is 1. The molecule has 6 nitrogen and oxygen atoms in total. The Kier molecular flexibility index (Phi) is 9.04. The summed E-state index contributed by atoms with van der Waals surface area (Å²) < 4.78 is 53.9. The summed E-state index contributed by atoms with van der Waals surface area (Å²) in [6.45, 7) is 2.09. The minimum Gasteiger partial charge on any atom is -0.364 e. The molecule has 1 aliphatic heterocycles. The van der Waals surface area contributed by atoms with E-state index in [1.807, 2.05) is 30.3 Å². The van der Waals surface area contributed by atoms with Gasteiger partial charge in [0.05, 0.1) is 11.6 Å². The molecule has 3 aliphatic rings. The maximum atomic E-state index is 14.3. The number of aliphatic hydroxyl groups excluding tert-OH is 1. The van der Waals surface area contributed by atoms with Gasteiger partial charge in [-0.1, -0.05) is 49.1 Å². The Morgan fingerprint density at radius 3 is 2.43 bits per heavy atom. The van der Waals surface area contributed by atoms with E-state index in [9.17, 15) is 18.3 Å². The number of ether oxygens (including phenoxy) is 2. The molecule has 2 aliphatic carbocycles. The minimum atomic E-state index is -4.68. The number of alkyl halides is 3. The van der Waals surface area contributed by atoms with Crippen LogP contribution in [-0.4, -0.2) is 47.9 Å². The van der Waals surface area contributed by atoms with Crippen molar-refractivity contribution in [1.82, 2.24) is 4.90 Å². The molecular formula is C32H37ClF3N3O3. The molecular weight excluding hydrogens is 567 g/mol. The van der Waals surface area contributed by atoms with E-state index in [1.165, 1.54) is 26.4 Å². The highest BCUT2D eigenvalue weighted by Gasteiger charge is 2.48. The number of nitrogens with one attached hydrogen (secondary N) is 1. The number of fused-ring (bicyclic) bond motifs is 1. The Labute approximate surface area is 249 Å². The first-order valence-corrected chi connectivity index (χ1v) is 14.7. The zero-order valence-corrected chi connectivity index (χ0v) is 24.8. The lowest BCUT2D eigenvalue weighted by molar-refractivity contribution is -0.137. The van der Waals surface area contributed by atoms with Crippen LogP contribution in [0.4, 0.5) is 18.9 Å². The smallest absolute Gasteiger partial charge is 0.364 e. The molecule has 10 heteroatoms. The molecule has 0 aromatic heterocycles. The average molecular weight is 604 g/mol. The van der Waals surface area contributed by atoms with E-state index < -0.39 is 29.8 Å². The Bertz CT molecular complexity index is 1360. The number of benzene rings is 2. The summed E-state index contributed by atoms with van der Waals surface area (Å²) >= 11 is 6.22. The van der Waals surface area contributed by atoms with Crippen LogP contribution in [0.1, 0.15) is 68.4 Å². The molecule has 1 fully saturated rings. The SMILES string of the molecule is COC(O)c1ccc(NC(OC)[C@H](C2CCCCC2)N2C3=CC=CCC3(C)N=C2c2ccc(Cl)cc2)c(C(F)(F)F)c1. The molecule has 0 spiro atoms. The highest BCUT2D eigenvalue weighted by Crippen LogP contribution is 2.45. The van der Waals surface area contributed by atoms with Gasteiger partial charge in [-0.05, 0) is 74.6 Å². The molecule has 2 aromatic carbocycles. The largest absolute Gasteiger partial charge is 0.418 e. The minimum absolute atomic E-state index is 0.0137. The third kappa shape index (κ3) is 6.11. The van der Waals surface area contributed by atoms with Crippen molar-refractivity contribution in [2.75, 3.05) is 19.5 Å². The van der Waals surface area contributed by atoms with Gasteiger partial charge in [0.25, 0.3) is 0 Å². The van der Waals surface area contributed by atoms with E-state index in [-0.39, 0.29) is 23.2 Å². The molecule has 1 saturated carbocycles. The Morgan fingerprint density at radius 2 is 1.79 bits per heavy atom. The zero-order chi connectivity index (χ0) is 30.1. The normalized spacial score (nSPS) is 23.2. The number of methoxy groups -OCH3 is 2. The van der Waals surface area contributed by atoms with Crippen LogP contribution in [0.15, 0.2) is 71.4 Å². The number of nitrogens with zero attached hydrogens (tertiary/aromatic N) is 2. The molecule has 3 unspecified atom stereocenters. The second-order valence-electron chi connectivity index (χ2n) is 11.4. The maximum absolute atomic E-state index is 14.3. The van der Waals surface area contributed by atoms with Crippen LogP contribution in [0.2, 0.25) is 5.02 Å². The lowest BCUT2D eigenvalue weighted by atomic mass is 9.80. The number of allylic oxidation sites excluding steroid dienone is 2. The first-order chi connectivity index (χ1) is 20.1. The number of hydrogen-bond acceptors (Lipinski definition) is 6. The molecule has 4 atom stereocenters. The van der Waals surface area contributed by atoms with Crippen molar-refractivity contribution < 1.29 is 27.8 Å². The molecule has 0 saturated heterocycles. The Balaban J connectivity index is 1.61. The van der Waals surface area contributed by atoms with Gasteiger partial charge >= 0.3 is 6.18 Å². The number of amidine groups is 1. The fourth-order valence-corrected chi connectivity index (χ4v) is 6.53. The van der Waals surface area contributed by atoms with Crippen molar-refractivity contribution in [3.8, 4) is 0 Å². The lowest BCUT2D eigenvalue weighted by Crippen LogP contribution is -2.54. The number of rotatable bonds is 9. The van der Waals surface area contributed by atoms with E-state index in [0.717, 1.165) is 55.3 Å². The van der Waals surface area contributed by atoms with Gasteiger partial charge in [0, 0.05) is 41.8 Å². The van der Waals surface area contributed by atoms with E-state index >= 15 is 0 Å². The van der Waals surface area contributed by atoms with Crippen molar-refractivity contribution in [2.24, 2.45) is 10.9 Å². The van der Waals surface area contributed by atoms with Gasteiger partial charge < -0.3 is 24.8 Å². The Hall–Kier alpha value is -2.85. The van der Waals surface area contributed by atoms with E-state index in [4.69, 9.17) is 26.1 Å². The van der Waals surface area contributed by atoms with Crippen LogP contribution in [0.3, 0.4) is 0 Å². The molecule has 0 amide bonds. The molecule has 42 heavy (non-hydrogen) atoms. The van der Waals surface area contributed by atoms with Crippen LogP contribution in [-0.2, 0) is 15.7 Å². The van der Waals surface area contributed by atoms with E-state index in [0.29, 0.717) is 11.4 Å². The monoisotopic (exact) mass is 603 g/mol. The van der Waals surface area contributed by atoms with Crippen LogP contribution in [0, 0.1) is 5.92 Å². The van der Waals surface area contributed by atoms with Gasteiger partial charge in [-0.25, -0.2) is 0 Å². The van der Waals surface area contributed by atoms with Gasteiger partial charge in [0.1, 0.15) is 17.6 Å². The Morgan fingerprint density at radius 1 is 1.07 bits per heavy atom. The third-order valence-electron chi connectivity index (χ3n) is 8.55. The molecule has 226 valence electrons. The summed E-state index contributed by atoms with van der Waals surface area (Å²) in [5.74, 6) is 0.880. The van der Waals surface area contributed by atoms with Gasteiger partial charge in [0.2, 0.25) is 0 Å². The number of hydrogen-bond donors (Lipinski definition) is 2. The summed E-state index contributed by atoms with van der Waals surface area (Å²) in [6.07, 6.45) is 4.92. The average Bonchev–Trinajstić information content (AvgIpc) is 3.29. The number of halogens is 4. The zero-order valence-electron chi connectivity index (χ0n) is 24.0. The van der Waals surface area contributed by atoms with Crippen molar-refractivity contribution in [3.05, 3.63) is 88.1 Å². The summed E-state index contributed by atoms with van der Waals surface area (Å²) in [5.41, 5.74) is 0.318. The molecule has 0 bridgehead atoms. The van der Waals surface area contributed by atoms with Crippen molar-refractivity contribution >= 4 is 23.1 Å². The fraction of sp³-hybridized carbons (Fsp3) is 0.469. The summed E-state index contributed by atoms with van der Waals surface area (Å²) in [4.78, 5) is 7.43. The van der Waals surface area contributed by atoms with Gasteiger partial charge in [-0.2, -0.15) is 13.2 Å². The second kappa shape index (κ2) is 12.4. The van der Waals surface area contributed by atoms with E-state index in [1.54, 1.807) is 0 Å². The number of aliphatic imine (C=N–C) groups is 1. The summed E-state index contributed by atoms with van der Waals surface area (Å²) in [7, 11) is 2.76. The first-order valence-electron chi connectivity index (χ1n) is 14.3. The van der Waals surface area contributed by atoms with Crippen LogP contribution in [0.5, 0.6) is 0 Å². The van der Waals surface area contributed by atoms with Crippen molar-refractivity contribution in [2.45, 2.75) is 75.7 Å². The van der Waals surface area contributed by atoms with Gasteiger partial charge in [-0.15, -0.1) is 0 Å². The van der Waals surface area contributed by atoms with Crippen LogP contribution in [0.25, 0.3) is 0 Å². The standard InChI is InChI=1S/C32H37ClF3N3O3/c1-31-18-8-7-11-26(31)39(28(38-31)21-12-15-23(33)16-13-21)27(20-9-5-4-6-10-20)29(41-2)37-25-17-14-22(30(40)42-3)19-24(25)32(34,35)36/h7-8,11-17,19-20,27,29-30,37,40H,4-6,9-10,18H2,1-3H3/t27-,29?,30?,31?/m0/s1. The van der Waals surface area contributed by atoms with Crippen LogP contribution >= 0.6 is 11.6 Å². The molecule has 2 N–H and O–H groups in total. The maximum Gasteiger partial charge on any atom is 0.418 e. The predicted molar refractivity (Wildman–Crippen MR) is 158 cm³/mol. The fourth-order valence-electron chi connectivity index (χ4n) is 6.41. The molecule has 2 aromatic rings. The van der Waals surface area contributed by atoms with Crippen LogP contribution < -0.4 is 5.32 Å². The highest BCUT2D eigenvalue weighted by atomic mass is 35.5. The number of anilines is 1. The first kappa shape index (κ1) is 30.6. The lowest BCUT2D eigenvalue weighted by Gasteiger charge is -2.44. The molecule has 1 heterocycles. The van der Waals surface area contributed by atoms with Crippen molar-refractivity contribution in [3.63, 3.8) is 0 Å². The summed E-state index contributed by atoms with van der Waals surface area (Å²) in [5, 5.41) is 13.8. The highest BCUT2D eigenvalue weighted by molar-refractivity contribution is 6.30. The molecule has 5 rings (SSSR count). The second-order valence-corrected chi connectivity index (χ2v) is 11.8. The van der Waals surface area contributed by atoms with Crippen molar-refractivity contribution in [1.29, 1.82) is 0 Å². The topological polar surface area (TPSA) is 66.3 Å².